The average Bonchev–Trinajstić information content (AvgIpc) is 2.28. The summed E-state index contributed by atoms with van der Waals surface area (Å²) in [4.78, 5) is 10.4. The van der Waals surface area contributed by atoms with E-state index >= 15 is 0 Å². The Labute approximate surface area is 89.0 Å². The van der Waals surface area contributed by atoms with Crippen LogP contribution in [0.15, 0.2) is 18.2 Å². The molecule has 0 spiro atoms. The van der Waals surface area contributed by atoms with Gasteiger partial charge in [-0.3, -0.25) is 0 Å². The summed E-state index contributed by atoms with van der Waals surface area (Å²) >= 11 is 0. The topological polar surface area (TPSA) is 61.5 Å². The van der Waals surface area contributed by atoms with Crippen LogP contribution in [0.5, 0.6) is 11.5 Å². The van der Waals surface area contributed by atoms with E-state index in [-0.39, 0.29) is 0 Å². The molecular weight excluding hydrogens is 194 g/mol. The molecule has 0 aliphatic rings. The lowest BCUT2D eigenvalue weighted by Crippen LogP contribution is -2.24. The van der Waals surface area contributed by atoms with Crippen LogP contribution in [-0.4, -0.2) is 26.5 Å². The first kappa shape index (κ1) is 11.5. The largest absolute Gasteiger partial charge is 0.493 e. The molecule has 1 rings (SSSR count). The van der Waals surface area contributed by atoms with Gasteiger partial charge in [0.2, 0.25) is 0 Å². The van der Waals surface area contributed by atoms with Gasteiger partial charge in [0.15, 0.2) is 11.5 Å². The van der Waals surface area contributed by atoms with Gasteiger partial charge in [0.05, 0.1) is 20.3 Å². The molecule has 0 aliphatic heterocycles. The molecule has 0 saturated carbocycles. The number of aldehydes is 1. The quantitative estimate of drug-likeness (QED) is 0.728. The first-order valence-electron chi connectivity index (χ1n) is 4.63. The third-order valence-electron chi connectivity index (χ3n) is 2.09. The molecule has 4 nitrogen and oxygen atoms in total. The van der Waals surface area contributed by atoms with Gasteiger partial charge >= 0.3 is 0 Å². The second-order valence-corrected chi connectivity index (χ2v) is 3.19. The zero-order valence-corrected chi connectivity index (χ0v) is 8.90. The fourth-order valence-corrected chi connectivity index (χ4v) is 1.33. The normalized spacial score (nSPS) is 11.9. The van der Waals surface area contributed by atoms with E-state index in [9.17, 15) is 4.79 Å². The minimum atomic E-state index is -0.469. The number of ether oxygens (including phenoxy) is 2. The minimum Gasteiger partial charge on any atom is -0.493 e. The van der Waals surface area contributed by atoms with E-state index in [1.165, 1.54) is 0 Å². The van der Waals surface area contributed by atoms with Gasteiger partial charge in [0.1, 0.15) is 6.29 Å². The molecule has 0 aromatic heterocycles. The Balaban J connectivity index is 2.87. The maximum Gasteiger partial charge on any atom is 0.160 e. The van der Waals surface area contributed by atoms with Crippen LogP contribution in [0.4, 0.5) is 0 Å². The molecule has 0 heterocycles. The summed E-state index contributed by atoms with van der Waals surface area (Å²) in [6.45, 7) is 0. The molecule has 1 atom stereocenters. The van der Waals surface area contributed by atoms with Gasteiger partial charge in [-0.1, -0.05) is 6.07 Å². The Morgan fingerprint density at radius 1 is 1.33 bits per heavy atom. The predicted molar refractivity (Wildman–Crippen MR) is 57.3 cm³/mol. The number of methoxy groups -OCH3 is 2. The minimum absolute atomic E-state index is 0.469. The highest BCUT2D eigenvalue weighted by molar-refractivity contribution is 5.58. The van der Waals surface area contributed by atoms with Crippen molar-refractivity contribution in [3.63, 3.8) is 0 Å². The van der Waals surface area contributed by atoms with E-state index in [4.69, 9.17) is 15.2 Å². The van der Waals surface area contributed by atoms with Gasteiger partial charge in [-0.05, 0) is 24.1 Å². The molecule has 0 bridgehead atoms. The maximum atomic E-state index is 10.4. The van der Waals surface area contributed by atoms with E-state index < -0.39 is 6.04 Å². The molecule has 0 fully saturated rings. The standard InChI is InChI=1S/C11H15NO3/c1-14-10-4-3-8(5-9(12)7-13)6-11(10)15-2/h3-4,6-7,9H,5,12H2,1-2H3/t9-/m0/s1. The molecule has 0 aliphatic carbocycles. The maximum absolute atomic E-state index is 10.4. The number of nitrogens with two attached hydrogens (primary N) is 1. The van der Waals surface area contributed by atoms with Crippen LogP contribution in [0.2, 0.25) is 0 Å². The Hall–Kier alpha value is -1.55. The summed E-state index contributed by atoms with van der Waals surface area (Å²) in [5, 5.41) is 0. The van der Waals surface area contributed by atoms with Crippen molar-refractivity contribution in [3.8, 4) is 11.5 Å². The molecule has 1 aromatic carbocycles. The van der Waals surface area contributed by atoms with Crippen molar-refractivity contribution in [1.82, 2.24) is 0 Å². The lowest BCUT2D eigenvalue weighted by atomic mass is 10.1. The van der Waals surface area contributed by atoms with E-state index in [0.29, 0.717) is 17.9 Å². The van der Waals surface area contributed by atoms with Crippen molar-refractivity contribution in [3.05, 3.63) is 23.8 Å². The van der Waals surface area contributed by atoms with Crippen LogP contribution in [0.25, 0.3) is 0 Å². The van der Waals surface area contributed by atoms with Crippen LogP contribution in [0.3, 0.4) is 0 Å². The summed E-state index contributed by atoms with van der Waals surface area (Å²) in [6, 6.07) is 5.02. The second-order valence-electron chi connectivity index (χ2n) is 3.19. The molecule has 0 saturated heterocycles. The Bertz CT molecular complexity index is 339. The van der Waals surface area contributed by atoms with E-state index in [1.54, 1.807) is 20.3 Å². The van der Waals surface area contributed by atoms with Gasteiger partial charge in [-0.2, -0.15) is 0 Å². The van der Waals surface area contributed by atoms with Crippen LogP contribution >= 0.6 is 0 Å². The second kappa shape index (κ2) is 5.36. The van der Waals surface area contributed by atoms with Gasteiger partial charge < -0.3 is 20.0 Å². The number of benzene rings is 1. The molecule has 2 N–H and O–H groups in total. The number of rotatable bonds is 5. The van der Waals surface area contributed by atoms with Crippen LogP contribution < -0.4 is 15.2 Å². The molecule has 15 heavy (non-hydrogen) atoms. The highest BCUT2D eigenvalue weighted by atomic mass is 16.5. The summed E-state index contributed by atoms with van der Waals surface area (Å²) < 4.78 is 10.2. The Kier molecular flexibility index (Phi) is 4.12. The zero-order chi connectivity index (χ0) is 11.3. The van der Waals surface area contributed by atoms with Crippen LogP contribution in [0.1, 0.15) is 5.56 Å². The van der Waals surface area contributed by atoms with Crippen molar-refractivity contribution >= 4 is 6.29 Å². The van der Waals surface area contributed by atoms with Crippen molar-refractivity contribution in [1.29, 1.82) is 0 Å². The van der Waals surface area contributed by atoms with Crippen LogP contribution in [-0.2, 0) is 11.2 Å². The van der Waals surface area contributed by atoms with Gasteiger partial charge in [0, 0.05) is 0 Å². The highest BCUT2D eigenvalue weighted by Crippen LogP contribution is 2.27. The van der Waals surface area contributed by atoms with Crippen molar-refractivity contribution < 1.29 is 14.3 Å². The lowest BCUT2D eigenvalue weighted by Gasteiger charge is -2.10. The number of carbonyl (C=O) groups is 1. The molecule has 0 unspecified atom stereocenters. The molecular formula is C11H15NO3. The number of hydrogen-bond donors (Lipinski definition) is 1. The molecule has 4 heteroatoms. The Morgan fingerprint density at radius 3 is 2.53 bits per heavy atom. The first-order valence-corrected chi connectivity index (χ1v) is 4.63. The summed E-state index contributed by atoms with van der Waals surface area (Å²) in [5.41, 5.74) is 6.48. The third-order valence-corrected chi connectivity index (χ3v) is 2.09. The SMILES string of the molecule is COc1ccc(C[C@H](N)C=O)cc1OC. The molecule has 0 amide bonds. The van der Waals surface area contributed by atoms with E-state index in [1.807, 2.05) is 12.1 Å². The predicted octanol–water partition coefficient (Wildman–Crippen LogP) is 0.772. The fourth-order valence-electron chi connectivity index (χ4n) is 1.33. The van der Waals surface area contributed by atoms with E-state index in [0.717, 1.165) is 11.8 Å². The fraction of sp³-hybridized carbons (Fsp3) is 0.364. The van der Waals surface area contributed by atoms with Gasteiger partial charge in [-0.25, -0.2) is 0 Å². The van der Waals surface area contributed by atoms with Crippen molar-refractivity contribution in [2.75, 3.05) is 14.2 Å². The van der Waals surface area contributed by atoms with Gasteiger partial charge in [0.25, 0.3) is 0 Å². The Morgan fingerprint density at radius 2 is 2.00 bits per heavy atom. The van der Waals surface area contributed by atoms with Crippen molar-refractivity contribution in [2.24, 2.45) is 5.73 Å². The van der Waals surface area contributed by atoms with Crippen LogP contribution in [0, 0.1) is 0 Å². The molecule has 1 aromatic rings. The molecule has 82 valence electrons. The molecule has 0 radical (unpaired) electrons. The number of carbonyl (C=O) groups excluding carboxylic acids is 1. The third kappa shape index (κ3) is 2.95. The van der Waals surface area contributed by atoms with E-state index in [2.05, 4.69) is 0 Å². The number of hydrogen-bond acceptors (Lipinski definition) is 4. The smallest absolute Gasteiger partial charge is 0.160 e. The lowest BCUT2D eigenvalue weighted by molar-refractivity contribution is -0.108. The summed E-state index contributed by atoms with van der Waals surface area (Å²) in [7, 11) is 3.15. The summed E-state index contributed by atoms with van der Waals surface area (Å²) in [5.74, 6) is 1.31. The summed E-state index contributed by atoms with van der Waals surface area (Å²) in [6.07, 6.45) is 1.24. The average molecular weight is 209 g/mol. The monoisotopic (exact) mass is 209 g/mol. The zero-order valence-electron chi connectivity index (χ0n) is 8.90. The highest BCUT2D eigenvalue weighted by Gasteiger charge is 2.07. The first-order chi connectivity index (χ1) is 7.21. The van der Waals surface area contributed by atoms with Gasteiger partial charge in [-0.15, -0.1) is 0 Å². The van der Waals surface area contributed by atoms with Crippen molar-refractivity contribution in [2.45, 2.75) is 12.5 Å².